The Morgan fingerprint density at radius 2 is 1.94 bits per heavy atom. The quantitative estimate of drug-likeness (QED) is 0.509. The second kappa shape index (κ2) is 10.1. The minimum absolute atomic E-state index is 0.0149. The average molecular weight is 475 g/mol. The third-order valence-electron chi connectivity index (χ3n) is 7.32. The molecule has 1 aromatic heterocycles. The second-order valence-electron chi connectivity index (χ2n) is 9.66. The van der Waals surface area contributed by atoms with Crippen LogP contribution in [-0.2, 0) is 17.8 Å². The van der Waals surface area contributed by atoms with Gasteiger partial charge >= 0.3 is 0 Å². The van der Waals surface area contributed by atoms with Crippen molar-refractivity contribution in [1.82, 2.24) is 20.4 Å². The van der Waals surface area contributed by atoms with E-state index in [2.05, 4.69) is 56.9 Å². The number of aromatic amines is 1. The lowest BCUT2D eigenvalue weighted by Gasteiger charge is -2.37. The standard InChI is InChI=1S/C27H34N6O2/c1-32(2)22-8-10-33(11-9-22)26-14-18(21-16-29-30-17-21)5-7-24(26)31-27(34)25-13-20-12-23(35-3)6-4-19(20)15-28-25/h4-7,12,14,16-17,22,25,28H,8-11,13,15H2,1-3H3,(H,29,30)(H,31,34)/t25-/m1/s1. The van der Waals surface area contributed by atoms with Crippen LogP contribution in [0.5, 0.6) is 5.75 Å². The van der Waals surface area contributed by atoms with Gasteiger partial charge in [0.1, 0.15) is 5.75 Å². The molecule has 0 aliphatic carbocycles. The van der Waals surface area contributed by atoms with E-state index >= 15 is 0 Å². The van der Waals surface area contributed by atoms with E-state index in [0.717, 1.165) is 59.7 Å². The third kappa shape index (κ3) is 5.04. The summed E-state index contributed by atoms with van der Waals surface area (Å²) in [7, 11) is 5.97. The number of ether oxygens (including phenoxy) is 1. The average Bonchev–Trinajstić information content (AvgIpc) is 3.43. The first-order valence-electron chi connectivity index (χ1n) is 12.3. The molecule has 1 fully saturated rings. The van der Waals surface area contributed by atoms with Crippen molar-refractivity contribution in [2.24, 2.45) is 0 Å². The summed E-state index contributed by atoms with van der Waals surface area (Å²) in [5.74, 6) is 0.807. The highest BCUT2D eigenvalue weighted by Crippen LogP contribution is 2.34. The molecular weight excluding hydrogens is 440 g/mol. The first-order chi connectivity index (χ1) is 17.0. The number of piperidine rings is 1. The number of fused-ring (bicyclic) bond motifs is 1. The highest BCUT2D eigenvalue weighted by atomic mass is 16.5. The Labute approximate surface area is 206 Å². The zero-order valence-corrected chi connectivity index (χ0v) is 20.7. The van der Waals surface area contributed by atoms with Crippen LogP contribution in [0.25, 0.3) is 11.1 Å². The van der Waals surface area contributed by atoms with Crippen LogP contribution in [0.2, 0.25) is 0 Å². The molecule has 3 heterocycles. The van der Waals surface area contributed by atoms with E-state index in [-0.39, 0.29) is 11.9 Å². The SMILES string of the molecule is COc1ccc2c(c1)C[C@H](C(=O)Nc1ccc(-c3cn[nH]c3)cc1N1CCC(N(C)C)CC1)NC2. The van der Waals surface area contributed by atoms with E-state index in [0.29, 0.717) is 19.0 Å². The fraction of sp³-hybridized carbons (Fsp3) is 0.407. The summed E-state index contributed by atoms with van der Waals surface area (Å²) in [6, 6.07) is 12.6. The summed E-state index contributed by atoms with van der Waals surface area (Å²) in [5.41, 5.74) is 6.40. The van der Waals surface area contributed by atoms with Gasteiger partial charge < -0.3 is 25.2 Å². The molecule has 0 spiro atoms. The van der Waals surface area contributed by atoms with Crippen LogP contribution in [0.4, 0.5) is 11.4 Å². The number of rotatable bonds is 6. The second-order valence-corrected chi connectivity index (χ2v) is 9.66. The van der Waals surface area contributed by atoms with Gasteiger partial charge in [-0.05, 0) is 74.3 Å². The highest BCUT2D eigenvalue weighted by molar-refractivity contribution is 5.98. The van der Waals surface area contributed by atoms with Gasteiger partial charge in [-0.3, -0.25) is 9.89 Å². The van der Waals surface area contributed by atoms with Crippen molar-refractivity contribution in [2.75, 3.05) is 44.5 Å². The predicted molar refractivity (Wildman–Crippen MR) is 139 cm³/mol. The summed E-state index contributed by atoms with van der Waals surface area (Å²) in [6.45, 7) is 2.58. The molecule has 35 heavy (non-hydrogen) atoms. The minimum atomic E-state index is -0.296. The van der Waals surface area contributed by atoms with Gasteiger partial charge in [0.2, 0.25) is 5.91 Å². The van der Waals surface area contributed by atoms with Crippen molar-refractivity contribution >= 4 is 17.3 Å². The van der Waals surface area contributed by atoms with E-state index in [1.165, 1.54) is 5.56 Å². The maximum atomic E-state index is 13.4. The van der Waals surface area contributed by atoms with Crippen molar-refractivity contribution in [1.29, 1.82) is 0 Å². The van der Waals surface area contributed by atoms with Gasteiger partial charge in [0, 0.05) is 37.4 Å². The zero-order valence-electron chi connectivity index (χ0n) is 20.7. The molecule has 0 radical (unpaired) electrons. The van der Waals surface area contributed by atoms with Gasteiger partial charge in [-0.2, -0.15) is 5.10 Å². The van der Waals surface area contributed by atoms with Gasteiger partial charge in [0.15, 0.2) is 0 Å². The largest absolute Gasteiger partial charge is 0.497 e. The number of nitrogens with zero attached hydrogens (tertiary/aromatic N) is 3. The van der Waals surface area contributed by atoms with E-state index in [9.17, 15) is 4.79 Å². The number of hydrogen-bond donors (Lipinski definition) is 3. The van der Waals surface area contributed by atoms with Gasteiger partial charge in [-0.1, -0.05) is 12.1 Å². The molecular formula is C27H34N6O2. The number of amides is 1. The van der Waals surface area contributed by atoms with Gasteiger partial charge in [0.25, 0.3) is 0 Å². The van der Waals surface area contributed by atoms with Crippen molar-refractivity contribution in [3.05, 3.63) is 59.9 Å². The summed E-state index contributed by atoms with van der Waals surface area (Å²) in [5, 5.41) is 13.6. The topological polar surface area (TPSA) is 85.5 Å². The maximum Gasteiger partial charge on any atom is 0.241 e. The van der Waals surface area contributed by atoms with Crippen LogP contribution >= 0.6 is 0 Å². The van der Waals surface area contributed by atoms with E-state index in [1.807, 2.05) is 36.7 Å². The Hall–Kier alpha value is -3.36. The number of methoxy groups -OCH3 is 1. The highest BCUT2D eigenvalue weighted by Gasteiger charge is 2.27. The van der Waals surface area contributed by atoms with Gasteiger partial charge in [0.05, 0.1) is 30.7 Å². The molecule has 1 atom stereocenters. The molecule has 8 heteroatoms. The van der Waals surface area contributed by atoms with Crippen molar-refractivity contribution < 1.29 is 9.53 Å². The molecule has 8 nitrogen and oxygen atoms in total. The third-order valence-corrected chi connectivity index (χ3v) is 7.32. The van der Waals surface area contributed by atoms with Crippen molar-refractivity contribution in [3.63, 3.8) is 0 Å². The summed E-state index contributed by atoms with van der Waals surface area (Å²) >= 11 is 0. The molecule has 1 saturated heterocycles. The van der Waals surface area contributed by atoms with Crippen molar-refractivity contribution in [3.8, 4) is 16.9 Å². The smallest absolute Gasteiger partial charge is 0.241 e. The Bertz CT molecular complexity index is 1170. The number of H-pyrrole nitrogens is 1. The number of nitrogens with one attached hydrogen (secondary N) is 3. The van der Waals surface area contributed by atoms with E-state index in [1.54, 1.807) is 7.11 Å². The molecule has 5 rings (SSSR count). The summed E-state index contributed by atoms with van der Waals surface area (Å²) < 4.78 is 5.38. The molecule has 1 amide bonds. The normalized spacial score (nSPS) is 18.4. The monoisotopic (exact) mass is 474 g/mol. The fourth-order valence-corrected chi connectivity index (χ4v) is 5.13. The van der Waals surface area contributed by atoms with Gasteiger partial charge in [-0.15, -0.1) is 0 Å². The van der Waals surface area contributed by atoms with E-state index in [4.69, 9.17) is 4.74 Å². The Morgan fingerprint density at radius 1 is 1.11 bits per heavy atom. The lowest BCUT2D eigenvalue weighted by Crippen LogP contribution is -2.45. The number of aromatic nitrogens is 2. The molecule has 184 valence electrons. The molecule has 0 saturated carbocycles. The van der Waals surface area contributed by atoms with Crippen LogP contribution in [-0.4, -0.2) is 67.4 Å². The van der Waals surface area contributed by atoms with Crippen LogP contribution in [0, 0.1) is 0 Å². The summed E-state index contributed by atoms with van der Waals surface area (Å²) in [4.78, 5) is 18.1. The molecule has 0 bridgehead atoms. The minimum Gasteiger partial charge on any atom is -0.497 e. The van der Waals surface area contributed by atoms with Crippen LogP contribution in [0.3, 0.4) is 0 Å². The Kier molecular flexibility index (Phi) is 6.74. The van der Waals surface area contributed by atoms with E-state index < -0.39 is 0 Å². The maximum absolute atomic E-state index is 13.4. The lowest BCUT2D eigenvalue weighted by atomic mass is 9.95. The molecule has 3 aromatic rings. The van der Waals surface area contributed by atoms with Crippen molar-refractivity contribution in [2.45, 2.75) is 37.9 Å². The fourth-order valence-electron chi connectivity index (χ4n) is 5.13. The lowest BCUT2D eigenvalue weighted by molar-refractivity contribution is -0.118. The number of carbonyl (C=O) groups is 1. The molecule has 2 aliphatic heterocycles. The van der Waals surface area contributed by atoms with Crippen LogP contribution < -0.4 is 20.3 Å². The first kappa shape index (κ1) is 23.4. The molecule has 3 N–H and O–H groups in total. The molecule has 0 unspecified atom stereocenters. The number of carbonyl (C=O) groups excluding carboxylic acids is 1. The van der Waals surface area contributed by atoms with Gasteiger partial charge in [-0.25, -0.2) is 0 Å². The predicted octanol–water partition coefficient (Wildman–Crippen LogP) is 3.27. The number of benzene rings is 2. The summed E-state index contributed by atoms with van der Waals surface area (Å²) in [6.07, 6.45) is 6.55. The zero-order chi connectivity index (χ0) is 24.4. The molecule has 2 aliphatic rings. The number of anilines is 2. The molecule has 2 aromatic carbocycles. The first-order valence-corrected chi connectivity index (χ1v) is 12.3. The Balaban J connectivity index is 1.37. The number of hydrogen-bond acceptors (Lipinski definition) is 6. The van der Waals surface area contributed by atoms with Crippen LogP contribution in [0.15, 0.2) is 48.8 Å². The van der Waals surface area contributed by atoms with Crippen LogP contribution in [0.1, 0.15) is 24.0 Å². The Morgan fingerprint density at radius 3 is 2.66 bits per heavy atom.